The molecule has 112 valence electrons. The molecule has 1 aliphatic rings. The summed E-state index contributed by atoms with van der Waals surface area (Å²) in [6, 6.07) is 4.28. The SMILES string of the molecule is CC(C)N1CCOC(C(N)Cc2cccc(F)c2F)C1. The summed E-state index contributed by atoms with van der Waals surface area (Å²) < 4.78 is 32.5. The van der Waals surface area contributed by atoms with E-state index < -0.39 is 11.6 Å². The zero-order valence-corrected chi connectivity index (χ0v) is 12.0. The van der Waals surface area contributed by atoms with Crippen LogP contribution in [-0.4, -0.2) is 42.8 Å². The lowest BCUT2D eigenvalue weighted by Gasteiger charge is -2.38. The van der Waals surface area contributed by atoms with E-state index in [9.17, 15) is 8.78 Å². The van der Waals surface area contributed by atoms with Gasteiger partial charge in [0.25, 0.3) is 0 Å². The van der Waals surface area contributed by atoms with E-state index in [0.717, 1.165) is 19.2 Å². The molecule has 0 spiro atoms. The number of rotatable bonds is 4. The van der Waals surface area contributed by atoms with Gasteiger partial charge in [-0.3, -0.25) is 4.90 Å². The number of hydrogen-bond acceptors (Lipinski definition) is 3. The second-order valence-electron chi connectivity index (χ2n) is 5.58. The Labute approximate surface area is 118 Å². The first kappa shape index (κ1) is 15.4. The average molecular weight is 284 g/mol. The highest BCUT2D eigenvalue weighted by molar-refractivity contribution is 5.20. The summed E-state index contributed by atoms with van der Waals surface area (Å²) in [7, 11) is 0. The van der Waals surface area contributed by atoms with Crippen molar-refractivity contribution in [1.82, 2.24) is 4.90 Å². The van der Waals surface area contributed by atoms with Gasteiger partial charge < -0.3 is 10.5 Å². The van der Waals surface area contributed by atoms with E-state index in [1.807, 2.05) is 0 Å². The zero-order chi connectivity index (χ0) is 14.7. The first-order chi connectivity index (χ1) is 9.49. The van der Waals surface area contributed by atoms with Gasteiger partial charge in [0.05, 0.1) is 12.7 Å². The lowest BCUT2D eigenvalue weighted by molar-refractivity contribution is -0.0496. The van der Waals surface area contributed by atoms with E-state index in [1.54, 1.807) is 6.07 Å². The van der Waals surface area contributed by atoms with Gasteiger partial charge in [0.1, 0.15) is 0 Å². The van der Waals surface area contributed by atoms with Crippen molar-refractivity contribution in [3.05, 3.63) is 35.4 Å². The van der Waals surface area contributed by atoms with Crippen LogP contribution in [-0.2, 0) is 11.2 Å². The number of hydrogen-bond donors (Lipinski definition) is 1. The summed E-state index contributed by atoms with van der Waals surface area (Å²) in [5, 5.41) is 0. The van der Waals surface area contributed by atoms with Crippen molar-refractivity contribution in [2.45, 2.75) is 38.5 Å². The van der Waals surface area contributed by atoms with Crippen LogP contribution < -0.4 is 5.73 Å². The van der Waals surface area contributed by atoms with E-state index in [2.05, 4.69) is 18.7 Å². The molecule has 1 saturated heterocycles. The Bertz CT molecular complexity index is 453. The van der Waals surface area contributed by atoms with Crippen molar-refractivity contribution in [3.63, 3.8) is 0 Å². The number of morpholine rings is 1. The normalized spacial score (nSPS) is 22.2. The third-order valence-electron chi connectivity index (χ3n) is 3.82. The molecule has 0 radical (unpaired) electrons. The number of benzene rings is 1. The van der Waals surface area contributed by atoms with Gasteiger partial charge in [-0.05, 0) is 31.9 Å². The summed E-state index contributed by atoms with van der Waals surface area (Å²) in [4.78, 5) is 2.29. The molecule has 20 heavy (non-hydrogen) atoms. The maximum absolute atomic E-state index is 13.7. The molecule has 0 aromatic heterocycles. The minimum absolute atomic E-state index is 0.145. The Morgan fingerprint density at radius 2 is 2.15 bits per heavy atom. The molecule has 2 rings (SSSR count). The van der Waals surface area contributed by atoms with Gasteiger partial charge in [0, 0.05) is 25.2 Å². The predicted octanol–water partition coefficient (Wildman–Crippen LogP) is 1.94. The van der Waals surface area contributed by atoms with Gasteiger partial charge in [-0.1, -0.05) is 12.1 Å². The number of ether oxygens (including phenoxy) is 1. The van der Waals surface area contributed by atoms with Crippen LogP contribution in [0.25, 0.3) is 0 Å². The van der Waals surface area contributed by atoms with Gasteiger partial charge in [0.2, 0.25) is 0 Å². The Morgan fingerprint density at radius 1 is 1.40 bits per heavy atom. The maximum Gasteiger partial charge on any atom is 0.162 e. The highest BCUT2D eigenvalue weighted by atomic mass is 19.2. The Balaban J connectivity index is 2.00. The lowest BCUT2D eigenvalue weighted by atomic mass is 10.00. The fraction of sp³-hybridized carbons (Fsp3) is 0.600. The van der Waals surface area contributed by atoms with Crippen molar-refractivity contribution >= 4 is 0 Å². The van der Waals surface area contributed by atoms with Gasteiger partial charge in [0.15, 0.2) is 11.6 Å². The van der Waals surface area contributed by atoms with Gasteiger partial charge >= 0.3 is 0 Å². The molecule has 1 aromatic rings. The first-order valence-electron chi connectivity index (χ1n) is 7.03. The molecule has 1 heterocycles. The van der Waals surface area contributed by atoms with E-state index in [0.29, 0.717) is 18.2 Å². The highest BCUT2D eigenvalue weighted by Crippen LogP contribution is 2.17. The first-order valence-corrected chi connectivity index (χ1v) is 7.03. The molecular formula is C15H22F2N2O. The standard InChI is InChI=1S/C15H22F2N2O/c1-10(2)19-6-7-20-14(9-19)13(18)8-11-4-3-5-12(16)15(11)17/h3-5,10,13-14H,6-9,18H2,1-2H3. The van der Waals surface area contributed by atoms with E-state index >= 15 is 0 Å². The Hall–Kier alpha value is -1.04. The predicted molar refractivity (Wildman–Crippen MR) is 74.5 cm³/mol. The minimum Gasteiger partial charge on any atom is -0.374 e. The summed E-state index contributed by atoms with van der Waals surface area (Å²) >= 11 is 0. The van der Waals surface area contributed by atoms with Crippen molar-refractivity contribution in [2.75, 3.05) is 19.7 Å². The van der Waals surface area contributed by atoms with Gasteiger partial charge in [-0.15, -0.1) is 0 Å². The van der Waals surface area contributed by atoms with Crippen molar-refractivity contribution < 1.29 is 13.5 Å². The van der Waals surface area contributed by atoms with Crippen LogP contribution >= 0.6 is 0 Å². The van der Waals surface area contributed by atoms with Crippen molar-refractivity contribution in [3.8, 4) is 0 Å². The Kier molecular flexibility index (Phi) is 5.07. The van der Waals surface area contributed by atoms with Crippen LogP contribution in [0.2, 0.25) is 0 Å². The van der Waals surface area contributed by atoms with Gasteiger partial charge in [-0.2, -0.15) is 0 Å². The number of nitrogens with two attached hydrogens (primary N) is 1. The topological polar surface area (TPSA) is 38.5 Å². The summed E-state index contributed by atoms with van der Waals surface area (Å²) in [6.07, 6.45) is 0.133. The number of halogens is 2. The van der Waals surface area contributed by atoms with Crippen molar-refractivity contribution in [1.29, 1.82) is 0 Å². The van der Waals surface area contributed by atoms with Crippen LogP contribution in [0.15, 0.2) is 18.2 Å². The number of nitrogens with zero attached hydrogens (tertiary/aromatic N) is 1. The van der Waals surface area contributed by atoms with E-state index in [1.165, 1.54) is 6.07 Å². The second-order valence-corrected chi connectivity index (χ2v) is 5.58. The van der Waals surface area contributed by atoms with Crippen LogP contribution in [0.1, 0.15) is 19.4 Å². The van der Waals surface area contributed by atoms with E-state index in [4.69, 9.17) is 10.5 Å². The molecule has 3 nitrogen and oxygen atoms in total. The quantitative estimate of drug-likeness (QED) is 0.918. The average Bonchev–Trinajstić information content (AvgIpc) is 2.44. The highest BCUT2D eigenvalue weighted by Gasteiger charge is 2.27. The van der Waals surface area contributed by atoms with Crippen LogP contribution in [0.4, 0.5) is 8.78 Å². The maximum atomic E-state index is 13.7. The molecule has 1 aromatic carbocycles. The smallest absolute Gasteiger partial charge is 0.162 e. The van der Waals surface area contributed by atoms with Crippen LogP contribution in [0.5, 0.6) is 0 Å². The molecule has 2 unspecified atom stereocenters. The molecule has 0 saturated carbocycles. The third-order valence-corrected chi connectivity index (χ3v) is 3.82. The fourth-order valence-corrected chi connectivity index (χ4v) is 2.52. The van der Waals surface area contributed by atoms with Crippen LogP contribution in [0.3, 0.4) is 0 Å². The molecule has 2 atom stereocenters. The molecule has 0 bridgehead atoms. The lowest BCUT2D eigenvalue weighted by Crippen LogP contribution is -2.53. The van der Waals surface area contributed by atoms with Gasteiger partial charge in [-0.25, -0.2) is 8.78 Å². The molecule has 1 fully saturated rings. The molecule has 1 aliphatic heterocycles. The second kappa shape index (κ2) is 6.61. The molecule has 0 amide bonds. The fourth-order valence-electron chi connectivity index (χ4n) is 2.52. The summed E-state index contributed by atoms with van der Waals surface area (Å²) in [6.45, 7) is 6.49. The summed E-state index contributed by atoms with van der Waals surface area (Å²) in [5.41, 5.74) is 6.43. The monoisotopic (exact) mass is 284 g/mol. The Morgan fingerprint density at radius 3 is 2.85 bits per heavy atom. The molecular weight excluding hydrogens is 262 g/mol. The largest absolute Gasteiger partial charge is 0.374 e. The van der Waals surface area contributed by atoms with Crippen LogP contribution in [0, 0.1) is 11.6 Å². The molecule has 2 N–H and O–H groups in total. The minimum atomic E-state index is -0.830. The third kappa shape index (κ3) is 3.53. The van der Waals surface area contributed by atoms with Crippen molar-refractivity contribution in [2.24, 2.45) is 5.73 Å². The van der Waals surface area contributed by atoms with E-state index in [-0.39, 0.29) is 18.6 Å². The molecule has 5 heteroatoms. The zero-order valence-electron chi connectivity index (χ0n) is 12.0. The molecule has 0 aliphatic carbocycles. The summed E-state index contributed by atoms with van der Waals surface area (Å²) in [5.74, 6) is -1.64.